The molecule has 1 aromatic heterocycles. The largest absolute Gasteiger partial charge is 0.466 e. The number of fused-ring (bicyclic) bond motifs is 1. The molecular weight excluding hydrogens is 367 g/mol. The van der Waals surface area contributed by atoms with Crippen molar-refractivity contribution in [2.45, 2.75) is 26.8 Å². The number of ether oxygens (including phenoxy) is 1. The molecular formula is C20H19FN2O3S. The zero-order chi connectivity index (χ0) is 19.4. The summed E-state index contributed by atoms with van der Waals surface area (Å²) >= 11 is 1.36. The van der Waals surface area contributed by atoms with Crippen molar-refractivity contribution in [1.29, 1.82) is 0 Å². The average Bonchev–Trinajstić information content (AvgIpc) is 2.96. The Hall–Kier alpha value is -2.80. The van der Waals surface area contributed by atoms with Crippen LogP contribution in [-0.2, 0) is 16.1 Å². The van der Waals surface area contributed by atoms with Crippen LogP contribution in [0.1, 0.15) is 29.3 Å². The lowest BCUT2D eigenvalue weighted by molar-refractivity contribution is -0.143. The van der Waals surface area contributed by atoms with Crippen LogP contribution in [0.5, 0.6) is 0 Å². The van der Waals surface area contributed by atoms with E-state index >= 15 is 0 Å². The molecule has 0 aliphatic heterocycles. The number of rotatable bonds is 5. The Morgan fingerprint density at radius 1 is 1.22 bits per heavy atom. The van der Waals surface area contributed by atoms with E-state index in [2.05, 4.69) is 4.99 Å². The first-order valence-electron chi connectivity index (χ1n) is 8.58. The Kier molecular flexibility index (Phi) is 5.81. The number of aromatic nitrogens is 1. The third-order valence-corrected chi connectivity index (χ3v) is 4.99. The number of esters is 1. The Bertz CT molecular complexity index is 1070. The average molecular weight is 386 g/mol. The predicted octanol–water partition coefficient (Wildman–Crippen LogP) is 3.84. The Morgan fingerprint density at radius 2 is 2.04 bits per heavy atom. The van der Waals surface area contributed by atoms with Gasteiger partial charge in [-0.1, -0.05) is 23.5 Å². The first kappa shape index (κ1) is 19.0. The monoisotopic (exact) mass is 386 g/mol. The molecule has 0 saturated carbocycles. The summed E-state index contributed by atoms with van der Waals surface area (Å²) in [6.07, 6.45) is 0.175. The summed E-state index contributed by atoms with van der Waals surface area (Å²) in [4.78, 5) is 28.9. The van der Waals surface area contributed by atoms with Gasteiger partial charge in [0.25, 0.3) is 5.91 Å². The smallest absolute Gasteiger partial charge is 0.307 e. The van der Waals surface area contributed by atoms with Gasteiger partial charge >= 0.3 is 5.97 Å². The lowest BCUT2D eigenvalue weighted by Crippen LogP contribution is -2.19. The highest BCUT2D eigenvalue weighted by Gasteiger charge is 2.12. The summed E-state index contributed by atoms with van der Waals surface area (Å²) in [5.41, 5.74) is 2.16. The number of halogens is 1. The lowest BCUT2D eigenvalue weighted by atomic mass is 10.2. The first-order chi connectivity index (χ1) is 13.0. The molecule has 27 heavy (non-hydrogen) atoms. The maximum Gasteiger partial charge on any atom is 0.307 e. The molecule has 0 fully saturated rings. The van der Waals surface area contributed by atoms with Gasteiger partial charge in [0.15, 0.2) is 4.80 Å². The SMILES string of the molecule is CCOC(=O)CCn1c(=NC(=O)c2cccc(F)c2)sc2cc(C)ccc21. The van der Waals surface area contributed by atoms with Crippen molar-refractivity contribution >= 4 is 33.4 Å². The zero-order valence-electron chi connectivity index (χ0n) is 15.1. The van der Waals surface area contributed by atoms with Crippen molar-refractivity contribution in [3.8, 4) is 0 Å². The molecule has 0 unspecified atom stereocenters. The lowest BCUT2D eigenvalue weighted by Gasteiger charge is -2.05. The Balaban J connectivity index is 2.03. The first-order valence-corrected chi connectivity index (χ1v) is 9.40. The number of aryl methyl sites for hydroxylation is 2. The summed E-state index contributed by atoms with van der Waals surface area (Å²) in [5, 5.41) is 0. The van der Waals surface area contributed by atoms with Crippen LogP contribution >= 0.6 is 11.3 Å². The van der Waals surface area contributed by atoms with Crippen molar-refractivity contribution in [1.82, 2.24) is 4.57 Å². The summed E-state index contributed by atoms with van der Waals surface area (Å²) < 4.78 is 21.2. The number of carbonyl (C=O) groups is 2. The highest BCUT2D eigenvalue weighted by Crippen LogP contribution is 2.19. The van der Waals surface area contributed by atoms with Gasteiger partial charge in [-0.2, -0.15) is 4.99 Å². The zero-order valence-corrected chi connectivity index (χ0v) is 15.9. The van der Waals surface area contributed by atoms with Gasteiger partial charge in [-0.3, -0.25) is 9.59 Å². The van der Waals surface area contributed by atoms with E-state index in [0.717, 1.165) is 21.8 Å². The van der Waals surface area contributed by atoms with Gasteiger partial charge in [0.05, 0.1) is 23.2 Å². The minimum atomic E-state index is -0.525. The molecule has 0 spiro atoms. The van der Waals surface area contributed by atoms with E-state index in [1.807, 2.05) is 29.7 Å². The molecule has 7 heteroatoms. The second-order valence-electron chi connectivity index (χ2n) is 5.99. The van der Waals surface area contributed by atoms with Gasteiger partial charge in [-0.05, 0) is 49.7 Å². The van der Waals surface area contributed by atoms with Crippen LogP contribution in [0.25, 0.3) is 10.2 Å². The molecule has 0 atom stereocenters. The van der Waals surface area contributed by atoms with Crippen LogP contribution < -0.4 is 4.80 Å². The highest BCUT2D eigenvalue weighted by atomic mass is 32.1. The van der Waals surface area contributed by atoms with E-state index in [0.29, 0.717) is 18.0 Å². The molecule has 1 heterocycles. The molecule has 1 amide bonds. The van der Waals surface area contributed by atoms with E-state index in [4.69, 9.17) is 4.74 Å². The number of nitrogens with zero attached hydrogens (tertiary/aromatic N) is 2. The standard InChI is InChI=1S/C20H19FN2O3S/c1-3-26-18(24)9-10-23-16-8-7-13(2)11-17(16)27-20(23)22-19(25)14-5-4-6-15(21)12-14/h4-8,11-12H,3,9-10H2,1-2H3. The fourth-order valence-electron chi connectivity index (χ4n) is 2.69. The highest BCUT2D eigenvalue weighted by molar-refractivity contribution is 7.16. The van der Waals surface area contributed by atoms with Crippen molar-refractivity contribution in [3.05, 3.63) is 64.2 Å². The maximum absolute atomic E-state index is 13.4. The molecule has 5 nitrogen and oxygen atoms in total. The van der Waals surface area contributed by atoms with Gasteiger partial charge in [0.1, 0.15) is 5.82 Å². The van der Waals surface area contributed by atoms with Crippen molar-refractivity contribution in [3.63, 3.8) is 0 Å². The minimum Gasteiger partial charge on any atom is -0.466 e. The molecule has 0 bridgehead atoms. The summed E-state index contributed by atoms with van der Waals surface area (Å²) in [7, 11) is 0. The molecule has 2 aromatic carbocycles. The van der Waals surface area contributed by atoms with Crippen molar-refractivity contribution in [2.24, 2.45) is 4.99 Å². The minimum absolute atomic E-state index is 0.175. The predicted molar refractivity (Wildman–Crippen MR) is 102 cm³/mol. The second-order valence-corrected chi connectivity index (χ2v) is 7.00. The van der Waals surface area contributed by atoms with Gasteiger partial charge in [-0.15, -0.1) is 0 Å². The molecule has 0 aliphatic carbocycles. The topological polar surface area (TPSA) is 60.7 Å². The van der Waals surface area contributed by atoms with Gasteiger partial charge in [-0.25, -0.2) is 4.39 Å². The van der Waals surface area contributed by atoms with Crippen LogP contribution in [0.2, 0.25) is 0 Å². The number of thiazole rings is 1. The summed E-state index contributed by atoms with van der Waals surface area (Å²) in [6, 6.07) is 11.3. The Morgan fingerprint density at radius 3 is 2.78 bits per heavy atom. The Labute approximate surface area is 159 Å². The van der Waals surface area contributed by atoms with E-state index in [1.165, 1.54) is 29.5 Å². The van der Waals surface area contributed by atoms with Crippen LogP contribution in [0.3, 0.4) is 0 Å². The van der Waals surface area contributed by atoms with Crippen LogP contribution in [0.4, 0.5) is 4.39 Å². The molecule has 140 valence electrons. The molecule has 0 N–H and O–H groups in total. The number of benzene rings is 2. The molecule has 0 radical (unpaired) electrons. The quantitative estimate of drug-likeness (QED) is 0.626. The molecule has 3 rings (SSSR count). The normalized spacial score (nSPS) is 11.7. The van der Waals surface area contributed by atoms with E-state index in [1.54, 1.807) is 6.92 Å². The van der Waals surface area contributed by atoms with Gasteiger partial charge in [0.2, 0.25) is 0 Å². The third-order valence-electron chi connectivity index (χ3n) is 3.95. The van der Waals surface area contributed by atoms with Crippen molar-refractivity contribution < 1.29 is 18.7 Å². The molecule has 3 aromatic rings. The fraction of sp³-hybridized carbons (Fsp3) is 0.250. The second kappa shape index (κ2) is 8.26. The van der Waals surface area contributed by atoms with E-state index < -0.39 is 11.7 Å². The maximum atomic E-state index is 13.4. The van der Waals surface area contributed by atoms with Crippen LogP contribution in [-0.4, -0.2) is 23.1 Å². The van der Waals surface area contributed by atoms with E-state index in [9.17, 15) is 14.0 Å². The van der Waals surface area contributed by atoms with Gasteiger partial charge < -0.3 is 9.30 Å². The van der Waals surface area contributed by atoms with E-state index in [-0.39, 0.29) is 18.0 Å². The van der Waals surface area contributed by atoms with Crippen LogP contribution in [0.15, 0.2) is 47.5 Å². The summed E-state index contributed by atoms with van der Waals surface area (Å²) in [6.45, 7) is 4.41. The number of hydrogen-bond acceptors (Lipinski definition) is 4. The fourth-order valence-corrected chi connectivity index (χ4v) is 3.84. The third kappa shape index (κ3) is 4.49. The summed E-state index contributed by atoms with van der Waals surface area (Å²) in [5.74, 6) is -1.32. The number of carbonyl (C=O) groups excluding carboxylic acids is 2. The van der Waals surface area contributed by atoms with Crippen LogP contribution in [0, 0.1) is 12.7 Å². The number of amides is 1. The molecule has 0 saturated heterocycles. The van der Waals surface area contributed by atoms with Crippen molar-refractivity contribution in [2.75, 3.05) is 6.61 Å². The molecule has 0 aliphatic rings. The van der Waals surface area contributed by atoms with Gasteiger partial charge in [0, 0.05) is 12.1 Å². The number of hydrogen-bond donors (Lipinski definition) is 0.